The fraction of sp³-hybridized carbons (Fsp3) is 0.267. The third-order valence-corrected chi connectivity index (χ3v) is 3.88. The lowest BCUT2D eigenvalue weighted by atomic mass is 10.3. The second kappa shape index (κ2) is 7.48. The number of carbonyl (C=O) groups excluding carboxylic acids is 2. The summed E-state index contributed by atoms with van der Waals surface area (Å²) < 4.78 is 4.95. The molecule has 0 unspecified atom stereocenters. The minimum Gasteiger partial charge on any atom is -0.360 e. The predicted molar refractivity (Wildman–Crippen MR) is 89.0 cm³/mol. The first-order valence-electron chi connectivity index (χ1n) is 6.83. The normalized spacial score (nSPS) is 10.4. The number of nitrogens with one attached hydrogen (secondary N) is 1. The molecule has 0 aliphatic heterocycles. The summed E-state index contributed by atoms with van der Waals surface area (Å²) in [7, 11) is 0. The fourth-order valence-electron chi connectivity index (χ4n) is 1.94. The van der Waals surface area contributed by atoms with Crippen LogP contribution < -0.4 is 10.2 Å². The molecule has 0 aliphatic carbocycles. The highest BCUT2D eigenvalue weighted by Crippen LogP contribution is 2.29. The monoisotopic (exact) mass is 355 g/mol. The van der Waals surface area contributed by atoms with Crippen molar-refractivity contribution in [1.29, 1.82) is 0 Å². The van der Waals surface area contributed by atoms with Crippen molar-refractivity contribution >= 4 is 46.5 Å². The van der Waals surface area contributed by atoms with Crippen molar-refractivity contribution in [1.82, 2.24) is 5.16 Å². The van der Waals surface area contributed by atoms with Crippen LogP contribution in [0.5, 0.6) is 0 Å². The van der Waals surface area contributed by atoms with Gasteiger partial charge in [0.05, 0.1) is 15.7 Å². The van der Waals surface area contributed by atoms with Crippen molar-refractivity contribution < 1.29 is 14.1 Å². The molecule has 1 aromatic carbocycles. The average molecular weight is 356 g/mol. The Balaban J connectivity index is 1.99. The Hall–Kier alpha value is -2.05. The number of hydrogen-bond donors (Lipinski definition) is 1. The van der Waals surface area contributed by atoms with Crippen LogP contribution in [-0.4, -0.2) is 23.5 Å². The number of carbonyl (C=O) groups is 2. The van der Waals surface area contributed by atoms with Gasteiger partial charge in [0.25, 0.3) is 0 Å². The SMILES string of the molecule is CC(=O)N(CCC(=O)Nc1cccc(Cl)c1Cl)c1cc(C)on1. The number of aromatic nitrogens is 1. The molecule has 0 spiro atoms. The Labute approximate surface area is 143 Å². The topological polar surface area (TPSA) is 75.4 Å². The number of nitrogens with zero attached hydrogens (tertiary/aromatic N) is 2. The summed E-state index contributed by atoms with van der Waals surface area (Å²) in [6, 6.07) is 6.59. The molecule has 0 aliphatic rings. The van der Waals surface area contributed by atoms with E-state index >= 15 is 0 Å². The number of aryl methyl sites for hydroxylation is 1. The van der Waals surface area contributed by atoms with Crippen LogP contribution in [0.2, 0.25) is 10.0 Å². The van der Waals surface area contributed by atoms with Crippen LogP contribution in [0, 0.1) is 6.92 Å². The van der Waals surface area contributed by atoms with Crippen LogP contribution in [0.15, 0.2) is 28.8 Å². The van der Waals surface area contributed by atoms with E-state index in [4.69, 9.17) is 27.7 Å². The largest absolute Gasteiger partial charge is 0.360 e. The predicted octanol–water partition coefficient (Wildman–Crippen LogP) is 3.67. The number of halogens is 2. The standard InChI is InChI=1S/C15H15Cl2N3O3/c1-9-8-13(19-23-9)20(10(2)21)7-6-14(22)18-12-5-3-4-11(16)15(12)17/h3-5,8H,6-7H2,1-2H3,(H,18,22). The Morgan fingerprint density at radius 1 is 1.35 bits per heavy atom. The van der Waals surface area contributed by atoms with Gasteiger partial charge in [-0.25, -0.2) is 0 Å². The molecule has 1 heterocycles. The molecule has 1 N–H and O–H groups in total. The molecule has 0 saturated heterocycles. The number of amides is 2. The van der Waals surface area contributed by atoms with E-state index in [2.05, 4.69) is 10.5 Å². The molecule has 0 saturated carbocycles. The van der Waals surface area contributed by atoms with Crippen LogP contribution in [-0.2, 0) is 9.59 Å². The van der Waals surface area contributed by atoms with Gasteiger partial charge in [0.15, 0.2) is 5.82 Å². The zero-order valence-electron chi connectivity index (χ0n) is 12.6. The van der Waals surface area contributed by atoms with Crippen LogP contribution >= 0.6 is 23.2 Å². The Morgan fingerprint density at radius 3 is 2.70 bits per heavy atom. The average Bonchev–Trinajstić information content (AvgIpc) is 2.90. The highest BCUT2D eigenvalue weighted by molar-refractivity contribution is 6.43. The lowest BCUT2D eigenvalue weighted by Crippen LogP contribution is -2.32. The molecule has 0 atom stereocenters. The molecule has 0 bridgehead atoms. The van der Waals surface area contributed by atoms with E-state index in [0.29, 0.717) is 22.3 Å². The molecular formula is C15H15Cl2N3O3. The Morgan fingerprint density at radius 2 is 2.09 bits per heavy atom. The van der Waals surface area contributed by atoms with Crippen molar-refractivity contribution in [3.05, 3.63) is 40.1 Å². The molecule has 0 radical (unpaired) electrons. The maximum Gasteiger partial charge on any atom is 0.226 e. The maximum absolute atomic E-state index is 12.0. The third kappa shape index (κ3) is 4.46. The summed E-state index contributed by atoms with van der Waals surface area (Å²) >= 11 is 11.9. The van der Waals surface area contributed by atoms with Crippen molar-refractivity contribution in [3.8, 4) is 0 Å². The van der Waals surface area contributed by atoms with E-state index in [1.807, 2.05) is 0 Å². The van der Waals surface area contributed by atoms with Gasteiger partial charge in [-0.1, -0.05) is 34.4 Å². The van der Waals surface area contributed by atoms with Gasteiger partial charge in [-0.15, -0.1) is 0 Å². The van der Waals surface area contributed by atoms with Crippen LogP contribution in [0.1, 0.15) is 19.1 Å². The van der Waals surface area contributed by atoms with E-state index in [-0.39, 0.29) is 29.8 Å². The molecule has 0 fully saturated rings. The number of benzene rings is 1. The molecular weight excluding hydrogens is 341 g/mol. The van der Waals surface area contributed by atoms with Gasteiger partial charge >= 0.3 is 0 Å². The first-order chi connectivity index (χ1) is 10.9. The Bertz CT molecular complexity index is 731. The molecule has 6 nitrogen and oxygen atoms in total. The highest BCUT2D eigenvalue weighted by atomic mass is 35.5. The van der Waals surface area contributed by atoms with Crippen molar-refractivity contribution in [2.45, 2.75) is 20.3 Å². The minimum absolute atomic E-state index is 0.0777. The highest BCUT2D eigenvalue weighted by Gasteiger charge is 2.17. The van der Waals surface area contributed by atoms with Crippen LogP contribution in [0.4, 0.5) is 11.5 Å². The van der Waals surface area contributed by atoms with Crippen molar-refractivity contribution in [2.24, 2.45) is 0 Å². The third-order valence-electron chi connectivity index (χ3n) is 3.06. The quantitative estimate of drug-likeness (QED) is 0.887. The Kier molecular flexibility index (Phi) is 5.63. The molecule has 2 amide bonds. The first kappa shape index (κ1) is 17.3. The number of anilines is 2. The first-order valence-corrected chi connectivity index (χ1v) is 7.59. The lowest BCUT2D eigenvalue weighted by molar-refractivity contribution is -0.117. The van der Waals surface area contributed by atoms with E-state index < -0.39 is 0 Å². The summed E-state index contributed by atoms with van der Waals surface area (Å²) in [4.78, 5) is 25.1. The zero-order chi connectivity index (χ0) is 17.0. The molecule has 1 aromatic heterocycles. The smallest absolute Gasteiger partial charge is 0.226 e. The van der Waals surface area contributed by atoms with Gasteiger partial charge < -0.3 is 9.84 Å². The maximum atomic E-state index is 12.0. The minimum atomic E-state index is -0.291. The summed E-state index contributed by atoms with van der Waals surface area (Å²) in [6.07, 6.45) is 0.0777. The summed E-state index contributed by atoms with van der Waals surface area (Å²) in [5, 5.41) is 7.08. The van der Waals surface area contributed by atoms with Crippen LogP contribution in [0.25, 0.3) is 0 Å². The van der Waals surface area contributed by atoms with Crippen molar-refractivity contribution in [2.75, 3.05) is 16.8 Å². The second-order valence-corrected chi connectivity index (χ2v) is 5.65. The summed E-state index contributed by atoms with van der Waals surface area (Å²) in [5.41, 5.74) is 0.427. The van der Waals surface area contributed by atoms with Gasteiger partial charge in [-0.05, 0) is 19.1 Å². The van der Waals surface area contributed by atoms with Gasteiger partial charge in [-0.2, -0.15) is 0 Å². The lowest BCUT2D eigenvalue weighted by Gasteiger charge is -2.17. The van der Waals surface area contributed by atoms with Gasteiger partial charge in [0.1, 0.15) is 5.76 Å². The summed E-state index contributed by atoms with van der Waals surface area (Å²) in [6.45, 7) is 3.30. The molecule has 23 heavy (non-hydrogen) atoms. The number of rotatable bonds is 5. The van der Waals surface area contributed by atoms with E-state index in [1.54, 1.807) is 31.2 Å². The second-order valence-electron chi connectivity index (χ2n) is 4.87. The molecule has 8 heteroatoms. The zero-order valence-corrected chi connectivity index (χ0v) is 14.1. The van der Waals surface area contributed by atoms with Gasteiger partial charge in [-0.3, -0.25) is 14.5 Å². The van der Waals surface area contributed by atoms with E-state index in [1.165, 1.54) is 11.8 Å². The summed E-state index contributed by atoms with van der Waals surface area (Å²) in [5.74, 6) is 0.442. The van der Waals surface area contributed by atoms with Gasteiger partial charge in [0.2, 0.25) is 11.8 Å². The van der Waals surface area contributed by atoms with Crippen LogP contribution in [0.3, 0.4) is 0 Å². The fourth-order valence-corrected chi connectivity index (χ4v) is 2.29. The number of hydrogen-bond acceptors (Lipinski definition) is 4. The van der Waals surface area contributed by atoms with Crippen molar-refractivity contribution in [3.63, 3.8) is 0 Å². The molecule has 2 rings (SSSR count). The molecule has 122 valence electrons. The molecule has 2 aromatic rings. The van der Waals surface area contributed by atoms with E-state index in [0.717, 1.165) is 0 Å². The van der Waals surface area contributed by atoms with E-state index in [9.17, 15) is 9.59 Å². The van der Waals surface area contributed by atoms with Gasteiger partial charge in [0, 0.05) is 26.0 Å².